The fraction of sp³-hybridized carbons (Fsp3) is 0.400. The maximum atomic E-state index is 10.3. The molecule has 130 valence electrons. The van der Waals surface area contributed by atoms with Crippen LogP contribution in [0.3, 0.4) is 0 Å². The number of hydrogen-bond donors (Lipinski definition) is 3. The topological polar surface area (TPSA) is 63.9 Å². The third kappa shape index (κ3) is 5.14. The van der Waals surface area contributed by atoms with Crippen LogP contribution < -0.4 is 0 Å². The highest BCUT2D eigenvalue weighted by Crippen LogP contribution is 2.22. The summed E-state index contributed by atoms with van der Waals surface area (Å²) in [4.78, 5) is 2.08. The van der Waals surface area contributed by atoms with Gasteiger partial charge in [0, 0.05) is 19.0 Å². The molecule has 0 bridgehead atoms. The second kappa shape index (κ2) is 8.94. The number of aliphatic hydroxyl groups is 3. The Hall–Kier alpha value is -1.72. The third-order valence-corrected chi connectivity index (χ3v) is 4.48. The average molecular weight is 329 g/mol. The van der Waals surface area contributed by atoms with Crippen LogP contribution in [0.25, 0.3) is 0 Å². The minimum Gasteiger partial charge on any atom is -0.392 e. The first-order chi connectivity index (χ1) is 11.5. The molecule has 0 radical (unpaired) electrons. The van der Waals surface area contributed by atoms with E-state index in [1.165, 1.54) is 5.56 Å². The maximum Gasteiger partial charge on any atom is 0.0815 e. The van der Waals surface area contributed by atoms with Gasteiger partial charge in [0.1, 0.15) is 0 Å². The van der Waals surface area contributed by atoms with Crippen LogP contribution in [0.1, 0.15) is 42.2 Å². The van der Waals surface area contributed by atoms with Gasteiger partial charge in [-0.25, -0.2) is 0 Å². The van der Waals surface area contributed by atoms with Gasteiger partial charge in [-0.15, -0.1) is 0 Å². The van der Waals surface area contributed by atoms with Crippen molar-refractivity contribution in [3.63, 3.8) is 0 Å². The lowest BCUT2D eigenvalue weighted by Gasteiger charge is -2.28. The summed E-state index contributed by atoms with van der Waals surface area (Å²) >= 11 is 0. The summed E-state index contributed by atoms with van der Waals surface area (Å²) in [7, 11) is 1.98. The molecule has 0 aromatic heterocycles. The molecule has 0 aliphatic rings. The van der Waals surface area contributed by atoms with Gasteiger partial charge in [-0.05, 0) is 30.7 Å². The number of hydrogen-bond acceptors (Lipinski definition) is 4. The standard InChI is InChI=1S/C20H27NO3/c1-15(17-6-4-3-5-7-17)21(2)13-19(23)12-20(24)18-10-8-16(14-22)9-11-18/h3-11,15,19-20,22-24H,12-14H2,1-2H3/t15-,19-,20+/m0/s1. The maximum absolute atomic E-state index is 10.3. The largest absolute Gasteiger partial charge is 0.392 e. The zero-order valence-corrected chi connectivity index (χ0v) is 14.3. The van der Waals surface area contributed by atoms with Crippen molar-refractivity contribution >= 4 is 0 Å². The number of aliphatic hydroxyl groups excluding tert-OH is 3. The van der Waals surface area contributed by atoms with Crippen molar-refractivity contribution in [1.82, 2.24) is 4.90 Å². The fourth-order valence-electron chi connectivity index (χ4n) is 2.79. The molecular weight excluding hydrogens is 302 g/mol. The molecule has 0 spiro atoms. The molecular formula is C20H27NO3. The summed E-state index contributed by atoms with van der Waals surface area (Å²) in [5.74, 6) is 0. The van der Waals surface area contributed by atoms with Crippen molar-refractivity contribution in [3.8, 4) is 0 Å². The Kier molecular flexibility index (Phi) is 6.94. The van der Waals surface area contributed by atoms with Gasteiger partial charge in [0.2, 0.25) is 0 Å². The lowest BCUT2D eigenvalue weighted by molar-refractivity contribution is 0.0514. The van der Waals surface area contributed by atoms with Gasteiger partial charge in [-0.1, -0.05) is 54.6 Å². The first-order valence-corrected chi connectivity index (χ1v) is 8.32. The molecule has 3 N–H and O–H groups in total. The number of likely N-dealkylation sites (N-methyl/N-ethyl adjacent to an activating group) is 1. The van der Waals surface area contributed by atoms with Gasteiger partial charge in [-0.3, -0.25) is 4.90 Å². The predicted octanol–water partition coefficient (Wildman–Crippen LogP) is 2.66. The number of benzene rings is 2. The van der Waals surface area contributed by atoms with Crippen molar-refractivity contribution in [1.29, 1.82) is 0 Å². The van der Waals surface area contributed by atoms with Crippen LogP contribution in [0.15, 0.2) is 54.6 Å². The molecule has 0 unspecified atom stereocenters. The van der Waals surface area contributed by atoms with Gasteiger partial charge in [0.05, 0.1) is 18.8 Å². The van der Waals surface area contributed by atoms with E-state index in [2.05, 4.69) is 24.0 Å². The Morgan fingerprint density at radius 3 is 2.12 bits per heavy atom. The van der Waals surface area contributed by atoms with E-state index in [0.29, 0.717) is 6.54 Å². The molecule has 0 aliphatic heterocycles. The highest BCUT2D eigenvalue weighted by Gasteiger charge is 2.18. The van der Waals surface area contributed by atoms with Crippen LogP contribution in [0.2, 0.25) is 0 Å². The molecule has 4 nitrogen and oxygen atoms in total. The van der Waals surface area contributed by atoms with Crippen LogP contribution in [0.5, 0.6) is 0 Å². The summed E-state index contributed by atoms with van der Waals surface area (Å²) in [5, 5.41) is 29.6. The Morgan fingerprint density at radius 1 is 0.917 bits per heavy atom. The van der Waals surface area contributed by atoms with Gasteiger partial charge in [0.15, 0.2) is 0 Å². The van der Waals surface area contributed by atoms with Crippen molar-refractivity contribution in [2.75, 3.05) is 13.6 Å². The SMILES string of the molecule is C[C@@H](c1ccccc1)N(C)C[C@@H](O)C[C@@H](O)c1ccc(CO)cc1. The van der Waals surface area contributed by atoms with E-state index in [9.17, 15) is 10.2 Å². The van der Waals surface area contributed by atoms with E-state index in [1.807, 2.05) is 25.2 Å². The van der Waals surface area contributed by atoms with E-state index in [-0.39, 0.29) is 19.1 Å². The van der Waals surface area contributed by atoms with Crippen LogP contribution >= 0.6 is 0 Å². The Balaban J connectivity index is 1.88. The molecule has 2 aromatic rings. The minimum absolute atomic E-state index is 0.0127. The monoisotopic (exact) mass is 329 g/mol. The number of rotatable bonds is 8. The molecule has 4 heteroatoms. The van der Waals surface area contributed by atoms with E-state index < -0.39 is 12.2 Å². The van der Waals surface area contributed by atoms with Crippen LogP contribution in [0, 0.1) is 0 Å². The Bertz CT molecular complexity index is 600. The highest BCUT2D eigenvalue weighted by molar-refractivity contribution is 5.23. The van der Waals surface area contributed by atoms with Crippen molar-refractivity contribution < 1.29 is 15.3 Å². The smallest absolute Gasteiger partial charge is 0.0815 e. The molecule has 0 amide bonds. The van der Waals surface area contributed by atoms with Crippen molar-refractivity contribution in [2.45, 2.75) is 38.2 Å². The van der Waals surface area contributed by atoms with Crippen LogP contribution in [-0.4, -0.2) is 39.9 Å². The summed E-state index contributed by atoms with van der Waals surface area (Å²) < 4.78 is 0. The van der Waals surface area contributed by atoms with E-state index >= 15 is 0 Å². The zero-order chi connectivity index (χ0) is 17.5. The van der Waals surface area contributed by atoms with Crippen LogP contribution in [-0.2, 0) is 6.61 Å². The molecule has 2 aromatic carbocycles. The average Bonchev–Trinajstić information content (AvgIpc) is 2.61. The fourth-order valence-corrected chi connectivity index (χ4v) is 2.79. The molecule has 0 heterocycles. The molecule has 24 heavy (non-hydrogen) atoms. The predicted molar refractivity (Wildman–Crippen MR) is 95.4 cm³/mol. The normalized spacial score (nSPS) is 15.2. The quantitative estimate of drug-likeness (QED) is 0.697. The summed E-state index contributed by atoms with van der Waals surface area (Å²) in [6.07, 6.45) is -1.05. The second-order valence-electron chi connectivity index (χ2n) is 6.33. The lowest BCUT2D eigenvalue weighted by Crippen LogP contribution is -2.32. The van der Waals surface area contributed by atoms with Crippen LogP contribution in [0.4, 0.5) is 0 Å². The molecule has 2 rings (SSSR count). The van der Waals surface area contributed by atoms with Gasteiger partial charge >= 0.3 is 0 Å². The van der Waals surface area contributed by atoms with E-state index in [0.717, 1.165) is 11.1 Å². The molecule has 3 atom stereocenters. The van der Waals surface area contributed by atoms with Gasteiger partial charge < -0.3 is 15.3 Å². The summed E-state index contributed by atoms with van der Waals surface area (Å²) in [6, 6.07) is 17.5. The summed E-state index contributed by atoms with van der Waals surface area (Å²) in [6.45, 7) is 2.58. The Labute approximate surface area is 144 Å². The highest BCUT2D eigenvalue weighted by atomic mass is 16.3. The van der Waals surface area contributed by atoms with E-state index in [1.54, 1.807) is 24.3 Å². The number of nitrogens with zero attached hydrogens (tertiary/aromatic N) is 1. The zero-order valence-electron chi connectivity index (χ0n) is 14.3. The first kappa shape index (κ1) is 18.6. The van der Waals surface area contributed by atoms with Gasteiger partial charge in [-0.2, -0.15) is 0 Å². The van der Waals surface area contributed by atoms with Crippen molar-refractivity contribution in [3.05, 3.63) is 71.3 Å². The van der Waals surface area contributed by atoms with E-state index in [4.69, 9.17) is 5.11 Å². The minimum atomic E-state index is -0.715. The molecule has 0 saturated carbocycles. The summed E-state index contributed by atoms with van der Waals surface area (Å²) in [5.41, 5.74) is 2.76. The third-order valence-electron chi connectivity index (χ3n) is 4.48. The molecule has 0 saturated heterocycles. The molecule has 0 aliphatic carbocycles. The first-order valence-electron chi connectivity index (χ1n) is 8.32. The van der Waals surface area contributed by atoms with Gasteiger partial charge in [0.25, 0.3) is 0 Å². The second-order valence-corrected chi connectivity index (χ2v) is 6.33. The Morgan fingerprint density at radius 2 is 1.54 bits per heavy atom. The van der Waals surface area contributed by atoms with Crippen molar-refractivity contribution in [2.24, 2.45) is 0 Å². The molecule has 0 fully saturated rings. The lowest BCUT2D eigenvalue weighted by atomic mass is 10.0.